The molecule has 0 saturated heterocycles. The second-order valence-electron chi connectivity index (χ2n) is 3.80. The molecule has 5 heteroatoms. The Balaban J connectivity index is 2.56. The van der Waals surface area contributed by atoms with Crippen molar-refractivity contribution in [3.63, 3.8) is 0 Å². The predicted octanol–water partition coefficient (Wildman–Crippen LogP) is 1.33. The summed E-state index contributed by atoms with van der Waals surface area (Å²) >= 11 is 0. The molecule has 16 heavy (non-hydrogen) atoms. The zero-order valence-electron chi connectivity index (χ0n) is 10.2. The van der Waals surface area contributed by atoms with Crippen LogP contribution in [0.25, 0.3) is 0 Å². The SMILES string of the molecule is CCCC(N)CNc1nc(C)cc(OC)n1. The van der Waals surface area contributed by atoms with Gasteiger partial charge in [0.25, 0.3) is 0 Å². The lowest BCUT2D eigenvalue weighted by Crippen LogP contribution is -2.29. The number of aryl methyl sites for hydroxylation is 1. The van der Waals surface area contributed by atoms with Crippen LogP contribution >= 0.6 is 0 Å². The normalized spacial score (nSPS) is 12.2. The quantitative estimate of drug-likeness (QED) is 0.762. The Bertz CT molecular complexity index is 330. The lowest BCUT2D eigenvalue weighted by Gasteiger charge is -2.12. The molecule has 1 aromatic rings. The first-order valence-corrected chi connectivity index (χ1v) is 5.54. The van der Waals surface area contributed by atoms with E-state index in [1.54, 1.807) is 13.2 Å². The number of hydrogen-bond acceptors (Lipinski definition) is 5. The number of nitrogens with one attached hydrogen (secondary N) is 1. The van der Waals surface area contributed by atoms with E-state index in [0.29, 0.717) is 18.4 Å². The summed E-state index contributed by atoms with van der Waals surface area (Å²) in [4.78, 5) is 8.44. The number of aromatic nitrogens is 2. The van der Waals surface area contributed by atoms with Crippen LogP contribution in [-0.2, 0) is 0 Å². The van der Waals surface area contributed by atoms with Crippen LogP contribution in [0.5, 0.6) is 5.88 Å². The van der Waals surface area contributed by atoms with Gasteiger partial charge in [-0.25, -0.2) is 4.98 Å². The largest absolute Gasteiger partial charge is 0.481 e. The Labute approximate surface area is 96.4 Å². The van der Waals surface area contributed by atoms with Crippen LogP contribution in [0.15, 0.2) is 6.07 Å². The minimum atomic E-state index is 0.139. The topological polar surface area (TPSA) is 73.1 Å². The summed E-state index contributed by atoms with van der Waals surface area (Å²) in [5.74, 6) is 1.14. The van der Waals surface area contributed by atoms with Crippen molar-refractivity contribution in [3.8, 4) is 5.88 Å². The van der Waals surface area contributed by atoms with Gasteiger partial charge in [0.05, 0.1) is 7.11 Å². The first-order chi connectivity index (χ1) is 7.65. The summed E-state index contributed by atoms with van der Waals surface area (Å²) in [7, 11) is 1.59. The molecule has 5 nitrogen and oxygen atoms in total. The number of nitrogens with two attached hydrogens (primary N) is 1. The van der Waals surface area contributed by atoms with E-state index in [9.17, 15) is 0 Å². The Kier molecular flexibility index (Phi) is 4.98. The van der Waals surface area contributed by atoms with Gasteiger partial charge in [-0.1, -0.05) is 13.3 Å². The van der Waals surface area contributed by atoms with E-state index >= 15 is 0 Å². The number of methoxy groups -OCH3 is 1. The van der Waals surface area contributed by atoms with Crippen LogP contribution in [0.2, 0.25) is 0 Å². The average molecular weight is 224 g/mol. The molecule has 0 bridgehead atoms. The van der Waals surface area contributed by atoms with Crippen molar-refractivity contribution in [2.45, 2.75) is 32.7 Å². The van der Waals surface area contributed by atoms with Crippen molar-refractivity contribution in [1.29, 1.82) is 0 Å². The second-order valence-corrected chi connectivity index (χ2v) is 3.80. The molecule has 1 atom stereocenters. The molecule has 0 radical (unpaired) electrons. The summed E-state index contributed by atoms with van der Waals surface area (Å²) in [5.41, 5.74) is 6.76. The summed E-state index contributed by atoms with van der Waals surface area (Å²) < 4.78 is 5.07. The van der Waals surface area contributed by atoms with Gasteiger partial charge in [-0.05, 0) is 13.3 Å². The third kappa shape index (κ3) is 4.02. The van der Waals surface area contributed by atoms with Gasteiger partial charge >= 0.3 is 0 Å². The van der Waals surface area contributed by atoms with E-state index in [0.717, 1.165) is 18.5 Å². The van der Waals surface area contributed by atoms with Crippen LogP contribution in [0.3, 0.4) is 0 Å². The third-order valence-corrected chi connectivity index (χ3v) is 2.22. The van der Waals surface area contributed by atoms with E-state index in [-0.39, 0.29) is 6.04 Å². The molecule has 1 heterocycles. The Hall–Kier alpha value is -1.36. The molecule has 0 spiro atoms. The number of nitrogens with zero attached hydrogens (tertiary/aromatic N) is 2. The fourth-order valence-electron chi connectivity index (χ4n) is 1.42. The molecule has 90 valence electrons. The molecule has 0 aliphatic rings. The molecule has 0 saturated carbocycles. The average Bonchev–Trinajstić information content (AvgIpc) is 2.26. The maximum absolute atomic E-state index is 5.89. The highest BCUT2D eigenvalue weighted by Gasteiger charge is 2.04. The van der Waals surface area contributed by atoms with Gasteiger partial charge in [-0.15, -0.1) is 0 Å². The minimum Gasteiger partial charge on any atom is -0.481 e. The zero-order chi connectivity index (χ0) is 12.0. The van der Waals surface area contributed by atoms with E-state index in [4.69, 9.17) is 10.5 Å². The van der Waals surface area contributed by atoms with Gasteiger partial charge in [-0.2, -0.15) is 4.98 Å². The van der Waals surface area contributed by atoms with E-state index in [1.807, 2.05) is 6.92 Å². The number of rotatable bonds is 6. The molecule has 0 amide bonds. The maximum atomic E-state index is 5.89. The molecule has 3 N–H and O–H groups in total. The number of hydrogen-bond donors (Lipinski definition) is 2. The van der Waals surface area contributed by atoms with Gasteiger partial charge in [-0.3, -0.25) is 0 Å². The third-order valence-electron chi connectivity index (χ3n) is 2.22. The molecule has 1 unspecified atom stereocenters. The molecule has 0 fully saturated rings. The molecule has 0 aromatic carbocycles. The lowest BCUT2D eigenvalue weighted by atomic mass is 10.2. The lowest BCUT2D eigenvalue weighted by molar-refractivity contribution is 0.397. The van der Waals surface area contributed by atoms with E-state index < -0.39 is 0 Å². The number of anilines is 1. The Morgan fingerprint density at radius 2 is 2.25 bits per heavy atom. The fraction of sp³-hybridized carbons (Fsp3) is 0.636. The highest BCUT2D eigenvalue weighted by Crippen LogP contribution is 2.11. The summed E-state index contributed by atoms with van der Waals surface area (Å²) in [5, 5.41) is 3.12. The molecule has 1 rings (SSSR count). The smallest absolute Gasteiger partial charge is 0.226 e. The van der Waals surface area contributed by atoms with Crippen LogP contribution in [0.4, 0.5) is 5.95 Å². The van der Waals surface area contributed by atoms with Crippen molar-refractivity contribution >= 4 is 5.95 Å². The second kappa shape index (κ2) is 6.27. The highest BCUT2D eigenvalue weighted by atomic mass is 16.5. The Morgan fingerprint density at radius 3 is 2.88 bits per heavy atom. The Morgan fingerprint density at radius 1 is 1.50 bits per heavy atom. The van der Waals surface area contributed by atoms with Gasteiger partial charge in [0.1, 0.15) is 0 Å². The number of ether oxygens (including phenoxy) is 1. The van der Waals surface area contributed by atoms with Crippen LogP contribution in [0.1, 0.15) is 25.5 Å². The van der Waals surface area contributed by atoms with Crippen molar-refractivity contribution in [3.05, 3.63) is 11.8 Å². The van der Waals surface area contributed by atoms with Crippen LogP contribution in [-0.4, -0.2) is 29.7 Å². The van der Waals surface area contributed by atoms with E-state index in [2.05, 4.69) is 22.2 Å². The first kappa shape index (κ1) is 12.7. The summed E-state index contributed by atoms with van der Waals surface area (Å²) in [6.45, 7) is 4.70. The van der Waals surface area contributed by atoms with Crippen LogP contribution in [0, 0.1) is 6.92 Å². The first-order valence-electron chi connectivity index (χ1n) is 5.54. The van der Waals surface area contributed by atoms with Gasteiger partial charge in [0, 0.05) is 24.3 Å². The molecular formula is C11H20N4O. The van der Waals surface area contributed by atoms with Gasteiger partial charge in [0.2, 0.25) is 11.8 Å². The monoisotopic (exact) mass is 224 g/mol. The fourth-order valence-corrected chi connectivity index (χ4v) is 1.42. The van der Waals surface area contributed by atoms with E-state index in [1.165, 1.54) is 0 Å². The zero-order valence-corrected chi connectivity index (χ0v) is 10.2. The standard InChI is InChI=1S/C11H20N4O/c1-4-5-9(12)7-13-11-14-8(2)6-10(15-11)16-3/h6,9H,4-5,7,12H2,1-3H3,(H,13,14,15). The van der Waals surface area contributed by atoms with Crippen molar-refractivity contribution in [1.82, 2.24) is 9.97 Å². The van der Waals surface area contributed by atoms with Gasteiger partial charge < -0.3 is 15.8 Å². The van der Waals surface area contributed by atoms with Crippen molar-refractivity contribution in [2.75, 3.05) is 19.0 Å². The van der Waals surface area contributed by atoms with Crippen LogP contribution < -0.4 is 15.8 Å². The summed E-state index contributed by atoms with van der Waals surface area (Å²) in [6, 6.07) is 1.93. The molecule has 0 aliphatic carbocycles. The predicted molar refractivity (Wildman–Crippen MR) is 64.7 cm³/mol. The van der Waals surface area contributed by atoms with Gasteiger partial charge in [0.15, 0.2) is 0 Å². The van der Waals surface area contributed by atoms with Crippen molar-refractivity contribution < 1.29 is 4.74 Å². The maximum Gasteiger partial charge on any atom is 0.226 e. The molecule has 1 aromatic heterocycles. The molecular weight excluding hydrogens is 204 g/mol. The summed E-state index contributed by atoms with van der Waals surface area (Å²) in [6.07, 6.45) is 2.08. The highest BCUT2D eigenvalue weighted by molar-refractivity contribution is 5.30. The van der Waals surface area contributed by atoms with Crippen molar-refractivity contribution in [2.24, 2.45) is 5.73 Å². The minimum absolute atomic E-state index is 0.139. The molecule has 0 aliphatic heterocycles.